The maximum absolute atomic E-state index is 12.4. The third-order valence-electron chi connectivity index (χ3n) is 4.62. The summed E-state index contributed by atoms with van der Waals surface area (Å²) in [4.78, 5) is 30.6. The number of hydrogen-bond acceptors (Lipinski definition) is 4. The smallest absolute Gasteiger partial charge is 0.317 e. The quantitative estimate of drug-likeness (QED) is 0.883. The summed E-state index contributed by atoms with van der Waals surface area (Å²) in [6, 6.07) is -0.0738. The zero-order valence-corrected chi connectivity index (χ0v) is 14.9. The summed E-state index contributed by atoms with van der Waals surface area (Å²) >= 11 is 1.62. The normalized spacial score (nSPS) is 22.4. The van der Waals surface area contributed by atoms with Crippen LogP contribution in [0.1, 0.15) is 54.2 Å². The molecule has 6 nitrogen and oxygen atoms in total. The highest BCUT2D eigenvalue weighted by atomic mass is 32.1. The van der Waals surface area contributed by atoms with Gasteiger partial charge >= 0.3 is 12.0 Å². The maximum atomic E-state index is 12.4. The molecule has 1 aliphatic carbocycles. The molecule has 1 saturated carbocycles. The average Bonchev–Trinajstić information content (AvgIpc) is 2.84. The Morgan fingerprint density at radius 2 is 1.91 bits per heavy atom. The number of carboxylic acids is 1. The lowest BCUT2D eigenvalue weighted by Gasteiger charge is -2.31. The molecular formula is C16H25N3O3S. The van der Waals surface area contributed by atoms with E-state index in [0.717, 1.165) is 28.4 Å². The molecule has 0 aromatic carbocycles. The molecule has 2 amide bonds. The number of hydrogen-bond donors (Lipinski definition) is 2. The van der Waals surface area contributed by atoms with E-state index in [4.69, 9.17) is 5.11 Å². The van der Waals surface area contributed by atoms with Gasteiger partial charge in [0.15, 0.2) is 0 Å². The van der Waals surface area contributed by atoms with Gasteiger partial charge in [0, 0.05) is 18.0 Å². The van der Waals surface area contributed by atoms with Crippen LogP contribution in [-0.2, 0) is 4.79 Å². The number of carboxylic acid groups (broad SMARTS) is 1. The largest absolute Gasteiger partial charge is 0.481 e. The Balaban J connectivity index is 1.90. The molecular weight excluding hydrogens is 314 g/mol. The second kappa shape index (κ2) is 7.29. The van der Waals surface area contributed by atoms with Gasteiger partial charge in [-0.25, -0.2) is 9.78 Å². The lowest BCUT2D eigenvalue weighted by molar-refractivity contribution is -0.142. The molecule has 0 bridgehead atoms. The van der Waals surface area contributed by atoms with Crippen molar-refractivity contribution in [3.05, 3.63) is 15.6 Å². The van der Waals surface area contributed by atoms with Crippen molar-refractivity contribution in [3.63, 3.8) is 0 Å². The molecule has 2 rings (SSSR count). The fourth-order valence-corrected chi connectivity index (χ4v) is 4.07. The summed E-state index contributed by atoms with van der Waals surface area (Å²) in [5.74, 6) is -0.987. The van der Waals surface area contributed by atoms with Crippen LogP contribution in [0.15, 0.2) is 0 Å². The summed E-state index contributed by atoms with van der Waals surface area (Å²) in [6.07, 6.45) is 2.71. The van der Waals surface area contributed by atoms with Crippen molar-refractivity contribution in [2.24, 2.45) is 5.92 Å². The fraction of sp³-hybridized carbons (Fsp3) is 0.688. The zero-order valence-electron chi connectivity index (χ0n) is 14.1. The topological polar surface area (TPSA) is 82.5 Å². The van der Waals surface area contributed by atoms with Crippen molar-refractivity contribution in [2.45, 2.75) is 58.5 Å². The first-order valence-electron chi connectivity index (χ1n) is 7.99. The number of carbonyl (C=O) groups excluding carboxylic acids is 1. The number of rotatable bonds is 4. The van der Waals surface area contributed by atoms with Crippen molar-refractivity contribution in [2.75, 3.05) is 7.05 Å². The first-order chi connectivity index (χ1) is 10.8. The predicted octanol–water partition coefficient (Wildman–Crippen LogP) is 3.11. The summed E-state index contributed by atoms with van der Waals surface area (Å²) in [5, 5.41) is 13.1. The second-order valence-corrected chi connectivity index (χ2v) is 7.54. The first kappa shape index (κ1) is 17.7. The Labute approximate surface area is 140 Å². The molecule has 1 heterocycles. The van der Waals surface area contributed by atoms with Crippen LogP contribution in [0.2, 0.25) is 0 Å². The van der Waals surface area contributed by atoms with Crippen molar-refractivity contribution in [1.29, 1.82) is 0 Å². The maximum Gasteiger partial charge on any atom is 0.317 e. The molecule has 128 valence electrons. The standard InChI is InChI=1S/C16H25N3O3S/c1-9-14(23-11(3)17-9)10(2)19(4)16(22)18-13-7-5-12(6-8-13)15(20)21/h10,12-13H,5-8H2,1-4H3,(H,18,22)(H,20,21). The van der Waals surface area contributed by atoms with E-state index in [1.165, 1.54) is 0 Å². The number of urea groups is 1. The average molecular weight is 339 g/mol. The summed E-state index contributed by atoms with van der Waals surface area (Å²) in [5.41, 5.74) is 0.974. The summed E-state index contributed by atoms with van der Waals surface area (Å²) in [6.45, 7) is 5.93. The van der Waals surface area contributed by atoms with E-state index in [0.29, 0.717) is 12.8 Å². The number of aryl methyl sites for hydroxylation is 2. The SMILES string of the molecule is Cc1nc(C)c(C(C)N(C)C(=O)NC2CCC(C(=O)O)CC2)s1. The number of nitrogens with one attached hydrogen (secondary N) is 1. The Kier molecular flexibility index (Phi) is 5.62. The first-order valence-corrected chi connectivity index (χ1v) is 8.81. The molecule has 1 unspecified atom stereocenters. The van der Waals surface area contributed by atoms with Crippen LogP contribution in [-0.4, -0.2) is 40.1 Å². The van der Waals surface area contributed by atoms with E-state index in [-0.39, 0.29) is 24.0 Å². The minimum absolute atomic E-state index is 0.0310. The number of thiazole rings is 1. The van der Waals surface area contributed by atoms with E-state index >= 15 is 0 Å². The van der Waals surface area contributed by atoms with Gasteiger partial charge in [-0.3, -0.25) is 4.79 Å². The molecule has 2 N–H and O–H groups in total. The lowest BCUT2D eigenvalue weighted by Crippen LogP contribution is -2.45. The molecule has 7 heteroatoms. The third-order valence-corrected chi connectivity index (χ3v) is 5.87. The molecule has 0 radical (unpaired) electrons. The highest BCUT2D eigenvalue weighted by molar-refractivity contribution is 7.11. The van der Waals surface area contributed by atoms with Crippen LogP contribution < -0.4 is 5.32 Å². The number of nitrogens with zero attached hydrogens (tertiary/aromatic N) is 2. The van der Waals surface area contributed by atoms with Gasteiger partial charge in [0.1, 0.15) is 0 Å². The van der Waals surface area contributed by atoms with E-state index < -0.39 is 5.97 Å². The monoisotopic (exact) mass is 339 g/mol. The minimum atomic E-state index is -0.725. The fourth-order valence-electron chi connectivity index (χ4n) is 3.05. The second-order valence-electron chi connectivity index (χ2n) is 6.31. The third kappa shape index (κ3) is 4.22. The number of aliphatic carboxylic acids is 1. The lowest BCUT2D eigenvalue weighted by atomic mass is 9.86. The van der Waals surface area contributed by atoms with Crippen LogP contribution in [0, 0.1) is 19.8 Å². The molecule has 0 saturated heterocycles. The van der Waals surface area contributed by atoms with Crippen LogP contribution in [0.25, 0.3) is 0 Å². The molecule has 1 aromatic heterocycles. The van der Waals surface area contributed by atoms with Crippen molar-refractivity contribution in [3.8, 4) is 0 Å². The molecule has 1 aliphatic rings. The Morgan fingerprint density at radius 1 is 1.30 bits per heavy atom. The van der Waals surface area contributed by atoms with Gasteiger partial charge in [-0.1, -0.05) is 0 Å². The van der Waals surface area contributed by atoms with Gasteiger partial charge in [-0.05, 0) is 46.5 Å². The Hall–Kier alpha value is -1.63. The Morgan fingerprint density at radius 3 is 2.39 bits per heavy atom. The summed E-state index contributed by atoms with van der Waals surface area (Å²) in [7, 11) is 1.79. The van der Waals surface area contributed by atoms with Gasteiger partial charge < -0.3 is 15.3 Å². The van der Waals surface area contributed by atoms with Crippen molar-refractivity contribution < 1.29 is 14.7 Å². The van der Waals surface area contributed by atoms with E-state index in [1.54, 1.807) is 23.3 Å². The zero-order chi connectivity index (χ0) is 17.1. The molecule has 1 aromatic rings. The van der Waals surface area contributed by atoms with Crippen molar-refractivity contribution in [1.82, 2.24) is 15.2 Å². The predicted molar refractivity (Wildman–Crippen MR) is 89.7 cm³/mol. The van der Waals surface area contributed by atoms with Gasteiger partial charge in [0.25, 0.3) is 0 Å². The van der Waals surface area contributed by atoms with Crippen LogP contribution in [0.5, 0.6) is 0 Å². The minimum Gasteiger partial charge on any atom is -0.481 e. The van der Waals surface area contributed by atoms with Gasteiger partial charge in [-0.2, -0.15) is 0 Å². The van der Waals surface area contributed by atoms with E-state index in [2.05, 4.69) is 10.3 Å². The van der Waals surface area contributed by atoms with Crippen LogP contribution in [0.3, 0.4) is 0 Å². The molecule has 1 atom stereocenters. The molecule has 0 aliphatic heterocycles. The van der Waals surface area contributed by atoms with Crippen LogP contribution in [0.4, 0.5) is 4.79 Å². The number of aromatic nitrogens is 1. The highest BCUT2D eigenvalue weighted by Crippen LogP contribution is 2.29. The number of carbonyl (C=O) groups is 2. The van der Waals surface area contributed by atoms with E-state index in [1.807, 2.05) is 20.8 Å². The van der Waals surface area contributed by atoms with Crippen LogP contribution >= 0.6 is 11.3 Å². The van der Waals surface area contributed by atoms with E-state index in [9.17, 15) is 9.59 Å². The number of amides is 2. The van der Waals surface area contributed by atoms with Gasteiger partial charge in [0.05, 0.1) is 22.7 Å². The van der Waals surface area contributed by atoms with Gasteiger partial charge in [-0.15, -0.1) is 11.3 Å². The van der Waals surface area contributed by atoms with Crippen molar-refractivity contribution >= 4 is 23.3 Å². The Bertz CT molecular complexity index is 579. The summed E-state index contributed by atoms with van der Waals surface area (Å²) < 4.78 is 0. The molecule has 23 heavy (non-hydrogen) atoms. The highest BCUT2D eigenvalue weighted by Gasteiger charge is 2.28. The van der Waals surface area contributed by atoms with Gasteiger partial charge in [0.2, 0.25) is 0 Å². The molecule has 0 spiro atoms. The molecule has 1 fully saturated rings.